The first kappa shape index (κ1) is 23.1. The summed E-state index contributed by atoms with van der Waals surface area (Å²) in [5.74, 6) is -0.280. The van der Waals surface area contributed by atoms with E-state index in [-0.39, 0.29) is 30.0 Å². The molecule has 0 spiro atoms. The normalized spacial score (nSPS) is 15.2. The summed E-state index contributed by atoms with van der Waals surface area (Å²) in [5.41, 5.74) is 2.15. The number of hydrogen-bond acceptors (Lipinski definition) is 3. The third-order valence-corrected chi connectivity index (χ3v) is 5.48. The molecule has 0 aromatic heterocycles. The highest BCUT2D eigenvalue weighted by atomic mass is 35.5. The molecule has 2 aromatic carbocycles. The number of hydrogen-bond donors (Lipinski definition) is 1. The van der Waals surface area contributed by atoms with E-state index in [4.69, 9.17) is 0 Å². The minimum Gasteiger partial charge on any atom is -0.356 e. The largest absolute Gasteiger partial charge is 0.356 e. The van der Waals surface area contributed by atoms with Crippen molar-refractivity contribution in [2.45, 2.75) is 38.5 Å². The van der Waals surface area contributed by atoms with Gasteiger partial charge in [0.2, 0.25) is 5.91 Å². The van der Waals surface area contributed by atoms with Gasteiger partial charge in [0.15, 0.2) is 5.78 Å². The highest BCUT2D eigenvalue weighted by molar-refractivity contribution is 6.09. The van der Waals surface area contributed by atoms with E-state index in [0.29, 0.717) is 17.7 Å². The molecule has 0 bridgehead atoms. The van der Waals surface area contributed by atoms with Gasteiger partial charge in [-0.15, -0.1) is 12.4 Å². The highest BCUT2D eigenvalue weighted by Crippen LogP contribution is 2.19. The molecule has 1 saturated heterocycles. The molecule has 1 amide bonds. The second kappa shape index (κ2) is 11.7. The standard InChI is InChI=1S/C24H30N2O2.ClH/c1-19(24(28)25-14-9-17-26-15-6-3-7-16-26)21-12-8-13-22(18-21)23(27)20-10-4-2-5-11-20;/h2,4-5,8,10-13,18-19H,3,6-7,9,14-17H2,1H3,(H,25,28);1H/t19-;/m1./s1. The Morgan fingerprint density at radius 2 is 1.66 bits per heavy atom. The summed E-state index contributed by atoms with van der Waals surface area (Å²) in [6, 6.07) is 16.7. The average molecular weight is 415 g/mol. The zero-order valence-electron chi connectivity index (χ0n) is 17.1. The minimum atomic E-state index is -0.279. The monoisotopic (exact) mass is 414 g/mol. The Bertz CT molecular complexity index is 788. The van der Waals surface area contributed by atoms with Crippen LogP contribution in [0, 0.1) is 0 Å². The van der Waals surface area contributed by atoms with Crippen LogP contribution < -0.4 is 5.32 Å². The zero-order chi connectivity index (χ0) is 19.8. The van der Waals surface area contributed by atoms with Gasteiger partial charge < -0.3 is 10.2 Å². The van der Waals surface area contributed by atoms with Gasteiger partial charge in [-0.2, -0.15) is 0 Å². The van der Waals surface area contributed by atoms with Gasteiger partial charge in [0.25, 0.3) is 0 Å². The van der Waals surface area contributed by atoms with Crippen LogP contribution in [0.5, 0.6) is 0 Å². The number of halogens is 1. The summed E-state index contributed by atoms with van der Waals surface area (Å²) >= 11 is 0. The van der Waals surface area contributed by atoms with Crippen LogP contribution >= 0.6 is 12.4 Å². The fourth-order valence-electron chi connectivity index (χ4n) is 3.71. The second-order valence-electron chi connectivity index (χ2n) is 7.59. The van der Waals surface area contributed by atoms with Crippen LogP contribution in [0.3, 0.4) is 0 Å². The summed E-state index contributed by atoms with van der Waals surface area (Å²) in [6.07, 6.45) is 4.91. The van der Waals surface area contributed by atoms with Gasteiger partial charge in [0, 0.05) is 17.7 Å². The number of rotatable bonds is 8. The summed E-state index contributed by atoms with van der Waals surface area (Å²) in [4.78, 5) is 27.7. The first-order valence-electron chi connectivity index (χ1n) is 10.3. The number of carbonyl (C=O) groups excluding carboxylic acids is 2. The Balaban J connectivity index is 0.00000300. The summed E-state index contributed by atoms with van der Waals surface area (Å²) in [6.45, 7) is 6.02. The van der Waals surface area contributed by atoms with E-state index in [9.17, 15) is 9.59 Å². The van der Waals surface area contributed by atoms with Gasteiger partial charge >= 0.3 is 0 Å². The summed E-state index contributed by atoms with van der Waals surface area (Å²) < 4.78 is 0. The van der Waals surface area contributed by atoms with E-state index < -0.39 is 0 Å². The summed E-state index contributed by atoms with van der Waals surface area (Å²) in [5, 5.41) is 3.05. The minimum absolute atomic E-state index is 0. The molecule has 0 radical (unpaired) electrons. The first-order valence-corrected chi connectivity index (χ1v) is 10.3. The Morgan fingerprint density at radius 1 is 0.966 bits per heavy atom. The Morgan fingerprint density at radius 3 is 2.38 bits per heavy atom. The van der Waals surface area contributed by atoms with Crippen molar-refractivity contribution in [2.24, 2.45) is 0 Å². The van der Waals surface area contributed by atoms with Gasteiger partial charge in [0.05, 0.1) is 5.92 Å². The predicted octanol–water partition coefficient (Wildman–Crippen LogP) is 4.44. The van der Waals surface area contributed by atoms with Crippen molar-refractivity contribution in [3.63, 3.8) is 0 Å². The van der Waals surface area contributed by atoms with Gasteiger partial charge in [0.1, 0.15) is 0 Å². The van der Waals surface area contributed by atoms with Crippen molar-refractivity contribution < 1.29 is 9.59 Å². The van der Waals surface area contributed by atoms with Crippen LogP contribution in [0.1, 0.15) is 60.0 Å². The lowest BCUT2D eigenvalue weighted by Gasteiger charge is -2.26. The molecule has 1 heterocycles. The number of likely N-dealkylation sites (tertiary alicyclic amines) is 1. The molecule has 1 aliphatic heterocycles. The fraction of sp³-hybridized carbons (Fsp3) is 0.417. The van der Waals surface area contributed by atoms with Gasteiger partial charge in [-0.3, -0.25) is 9.59 Å². The second-order valence-corrected chi connectivity index (χ2v) is 7.59. The van der Waals surface area contributed by atoms with Crippen LogP contribution in [0.15, 0.2) is 54.6 Å². The molecule has 156 valence electrons. The van der Waals surface area contributed by atoms with Crippen molar-refractivity contribution in [1.29, 1.82) is 0 Å². The third-order valence-electron chi connectivity index (χ3n) is 5.48. The lowest BCUT2D eigenvalue weighted by atomic mass is 9.95. The molecule has 1 atom stereocenters. The number of amides is 1. The molecule has 1 fully saturated rings. The lowest BCUT2D eigenvalue weighted by molar-refractivity contribution is -0.122. The quantitative estimate of drug-likeness (QED) is 0.513. The van der Waals surface area contributed by atoms with E-state index in [1.165, 1.54) is 32.4 Å². The number of ketones is 1. The van der Waals surface area contributed by atoms with Crippen molar-refractivity contribution in [3.05, 3.63) is 71.3 Å². The molecule has 2 aromatic rings. The van der Waals surface area contributed by atoms with Crippen molar-refractivity contribution in [3.8, 4) is 0 Å². The molecule has 4 nitrogen and oxygen atoms in total. The van der Waals surface area contributed by atoms with Crippen LogP contribution in [-0.4, -0.2) is 42.8 Å². The molecule has 1 N–H and O–H groups in total. The van der Waals surface area contributed by atoms with E-state index >= 15 is 0 Å². The maximum atomic E-state index is 12.6. The average Bonchev–Trinajstić information content (AvgIpc) is 2.77. The van der Waals surface area contributed by atoms with Crippen molar-refractivity contribution in [2.75, 3.05) is 26.2 Å². The lowest BCUT2D eigenvalue weighted by Crippen LogP contribution is -2.34. The Hall–Kier alpha value is -2.17. The molecule has 1 aliphatic rings. The van der Waals surface area contributed by atoms with Crippen LogP contribution in [0.25, 0.3) is 0 Å². The Labute approximate surface area is 180 Å². The van der Waals surface area contributed by atoms with Crippen molar-refractivity contribution >= 4 is 24.1 Å². The molecule has 0 aliphatic carbocycles. The van der Waals surface area contributed by atoms with E-state index in [1.807, 2.05) is 61.5 Å². The van der Waals surface area contributed by atoms with Gasteiger partial charge in [-0.1, -0.05) is 55.0 Å². The van der Waals surface area contributed by atoms with E-state index in [2.05, 4.69) is 10.2 Å². The van der Waals surface area contributed by atoms with Crippen molar-refractivity contribution in [1.82, 2.24) is 10.2 Å². The number of benzene rings is 2. The molecule has 0 saturated carbocycles. The number of nitrogens with zero attached hydrogens (tertiary/aromatic N) is 1. The Kier molecular flexibility index (Phi) is 9.36. The van der Waals surface area contributed by atoms with Crippen LogP contribution in [-0.2, 0) is 4.79 Å². The summed E-state index contributed by atoms with van der Waals surface area (Å²) in [7, 11) is 0. The smallest absolute Gasteiger partial charge is 0.227 e. The number of piperidine rings is 1. The number of nitrogens with one attached hydrogen (secondary N) is 1. The van der Waals surface area contributed by atoms with Gasteiger partial charge in [-0.25, -0.2) is 0 Å². The predicted molar refractivity (Wildman–Crippen MR) is 120 cm³/mol. The molecular weight excluding hydrogens is 384 g/mol. The fourth-order valence-corrected chi connectivity index (χ4v) is 3.71. The zero-order valence-corrected chi connectivity index (χ0v) is 17.9. The molecular formula is C24H31ClN2O2. The van der Waals surface area contributed by atoms with Gasteiger partial charge in [-0.05, 0) is 57.5 Å². The maximum Gasteiger partial charge on any atom is 0.227 e. The molecule has 29 heavy (non-hydrogen) atoms. The van der Waals surface area contributed by atoms with E-state index in [1.54, 1.807) is 0 Å². The first-order chi connectivity index (χ1) is 13.6. The molecule has 3 rings (SSSR count). The molecule has 5 heteroatoms. The third kappa shape index (κ3) is 6.69. The van der Waals surface area contributed by atoms with Crippen LogP contribution in [0.4, 0.5) is 0 Å². The van der Waals surface area contributed by atoms with Crippen LogP contribution in [0.2, 0.25) is 0 Å². The highest BCUT2D eigenvalue weighted by Gasteiger charge is 2.17. The molecule has 0 unspecified atom stereocenters. The topological polar surface area (TPSA) is 49.4 Å². The number of carbonyl (C=O) groups is 2. The SMILES string of the molecule is C[C@@H](C(=O)NCCCN1CCCCC1)c1cccc(C(=O)c2ccccc2)c1.Cl. The van der Waals surface area contributed by atoms with E-state index in [0.717, 1.165) is 18.5 Å². The maximum absolute atomic E-state index is 12.6.